The van der Waals surface area contributed by atoms with E-state index in [2.05, 4.69) is 48.2 Å². The van der Waals surface area contributed by atoms with E-state index in [1.54, 1.807) is 23.5 Å². The SMILES string of the molecule is CC(C)c1ccc(-c2nc(Cn3nc(-c4ccco4)oc3=O)cs2)cc1. The molecule has 0 radical (unpaired) electrons. The molecular formula is C19H17N3O3S. The van der Waals surface area contributed by atoms with E-state index < -0.39 is 5.76 Å². The van der Waals surface area contributed by atoms with Gasteiger partial charge in [0.1, 0.15) is 5.01 Å². The van der Waals surface area contributed by atoms with Crippen molar-refractivity contribution in [2.45, 2.75) is 26.3 Å². The fourth-order valence-corrected chi connectivity index (χ4v) is 3.40. The summed E-state index contributed by atoms with van der Waals surface area (Å²) in [4.78, 5) is 16.6. The van der Waals surface area contributed by atoms with Crippen LogP contribution < -0.4 is 5.76 Å². The summed E-state index contributed by atoms with van der Waals surface area (Å²) in [5.74, 6) is 0.551. The van der Waals surface area contributed by atoms with Gasteiger partial charge in [0, 0.05) is 10.9 Å². The molecule has 7 heteroatoms. The summed E-state index contributed by atoms with van der Waals surface area (Å²) >= 11 is 1.54. The van der Waals surface area contributed by atoms with Crippen LogP contribution in [-0.2, 0) is 6.54 Å². The molecular weight excluding hydrogens is 350 g/mol. The van der Waals surface area contributed by atoms with Crippen LogP contribution in [0.25, 0.3) is 22.2 Å². The first-order valence-corrected chi connectivity index (χ1v) is 9.14. The molecule has 0 bridgehead atoms. The molecule has 0 aliphatic carbocycles. The molecule has 0 unspecified atom stereocenters. The highest BCUT2D eigenvalue weighted by Gasteiger charge is 2.14. The van der Waals surface area contributed by atoms with E-state index in [9.17, 15) is 4.79 Å². The average Bonchev–Trinajstić information content (AvgIpc) is 3.37. The Hall–Kier alpha value is -2.93. The van der Waals surface area contributed by atoms with Gasteiger partial charge in [0.25, 0.3) is 5.89 Å². The molecule has 26 heavy (non-hydrogen) atoms. The van der Waals surface area contributed by atoms with Crippen molar-refractivity contribution in [1.82, 2.24) is 14.8 Å². The quantitative estimate of drug-likeness (QED) is 0.523. The Morgan fingerprint density at radius 1 is 1.19 bits per heavy atom. The molecule has 1 aromatic carbocycles. The van der Waals surface area contributed by atoms with Gasteiger partial charge in [0.2, 0.25) is 0 Å². The van der Waals surface area contributed by atoms with Gasteiger partial charge in [-0.15, -0.1) is 16.4 Å². The predicted octanol–water partition coefficient (Wildman–Crippen LogP) is 4.39. The maximum atomic E-state index is 12.0. The van der Waals surface area contributed by atoms with E-state index >= 15 is 0 Å². The van der Waals surface area contributed by atoms with Gasteiger partial charge >= 0.3 is 5.76 Å². The van der Waals surface area contributed by atoms with Gasteiger partial charge in [-0.2, -0.15) is 4.68 Å². The summed E-state index contributed by atoms with van der Waals surface area (Å²) in [6, 6.07) is 11.8. The molecule has 3 aromatic heterocycles. The number of thiazole rings is 1. The van der Waals surface area contributed by atoms with Crippen molar-refractivity contribution in [3.8, 4) is 22.2 Å². The van der Waals surface area contributed by atoms with Crippen molar-refractivity contribution in [3.63, 3.8) is 0 Å². The molecule has 3 heterocycles. The lowest BCUT2D eigenvalue weighted by atomic mass is 10.0. The molecule has 0 fully saturated rings. The molecule has 0 saturated heterocycles. The fourth-order valence-electron chi connectivity index (χ4n) is 2.58. The lowest BCUT2D eigenvalue weighted by Crippen LogP contribution is -2.16. The topological polar surface area (TPSA) is 74.1 Å². The van der Waals surface area contributed by atoms with E-state index in [1.807, 2.05) is 5.38 Å². The second kappa shape index (κ2) is 6.76. The maximum absolute atomic E-state index is 12.0. The van der Waals surface area contributed by atoms with E-state index in [1.165, 1.54) is 16.5 Å². The molecule has 0 spiro atoms. The van der Waals surface area contributed by atoms with Crippen molar-refractivity contribution in [2.24, 2.45) is 0 Å². The highest BCUT2D eigenvalue weighted by Crippen LogP contribution is 2.26. The molecule has 0 N–H and O–H groups in total. The molecule has 0 atom stereocenters. The van der Waals surface area contributed by atoms with Crippen molar-refractivity contribution in [2.75, 3.05) is 0 Å². The summed E-state index contributed by atoms with van der Waals surface area (Å²) in [5.41, 5.74) is 3.12. The van der Waals surface area contributed by atoms with E-state index in [0.29, 0.717) is 11.7 Å². The Bertz CT molecular complexity index is 1060. The highest BCUT2D eigenvalue weighted by atomic mass is 32.1. The number of furan rings is 1. The van der Waals surface area contributed by atoms with Gasteiger partial charge in [-0.1, -0.05) is 38.1 Å². The van der Waals surface area contributed by atoms with Crippen molar-refractivity contribution in [1.29, 1.82) is 0 Å². The van der Waals surface area contributed by atoms with Gasteiger partial charge in [0.15, 0.2) is 5.76 Å². The van der Waals surface area contributed by atoms with Gasteiger partial charge in [0.05, 0.1) is 18.5 Å². The zero-order chi connectivity index (χ0) is 18.1. The van der Waals surface area contributed by atoms with Gasteiger partial charge < -0.3 is 8.83 Å². The molecule has 132 valence electrons. The molecule has 0 aliphatic heterocycles. The third kappa shape index (κ3) is 3.25. The minimum Gasteiger partial charge on any atom is -0.459 e. The van der Waals surface area contributed by atoms with Crippen LogP contribution in [0, 0.1) is 0 Å². The Morgan fingerprint density at radius 3 is 2.69 bits per heavy atom. The van der Waals surface area contributed by atoms with E-state index in [-0.39, 0.29) is 12.4 Å². The average molecular weight is 367 g/mol. The second-order valence-corrected chi connectivity index (χ2v) is 7.09. The van der Waals surface area contributed by atoms with Crippen LogP contribution >= 0.6 is 11.3 Å². The third-order valence-corrected chi connectivity index (χ3v) is 4.97. The number of hydrogen-bond acceptors (Lipinski definition) is 6. The maximum Gasteiger partial charge on any atom is 0.437 e. The van der Waals surface area contributed by atoms with Gasteiger partial charge in [-0.3, -0.25) is 0 Å². The summed E-state index contributed by atoms with van der Waals surface area (Å²) in [6.07, 6.45) is 1.51. The summed E-state index contributed by atoms with van der Waals surface area (Å²) < 4.78 is 11.6. The number of hydrogen-bond donors (Lipinski definition) is 0. The summed E-state index contributed by atoms with van der Waals surface area (Å²) in [6.45, 7) is 4.59. The largest absolute Gasteiger partial charge is 0.459 e. The normalized spacial score (nSPS) is 11.3. The highest BCUT2D eigenvalue weighted by molar-refractivity contribution is 7.13. The standard InChI is InChI=1S/C19H17N3O3S/c1-12(2)13-5-7-14(8-6-13)18-20-15(11-26-18)10-22-19(23)25-17(21-22)16-4-3-9-24-16/h3-9,11-12H,10H2,1-2H3. The predicted molar refractivity (Wildman–Crippen MR) is 99.2 cm³/mol. The van der Waals surface area contributed by atoms with Crippen LogP contribution in [0.3, 0.4) is 0 Å². The van der Waals surface area contributed by atoms with Crippen LogP contribution in [0.15, 0.2) is 61.7 Å². The molecule has 4 rings (SSSR count). The zero-order valence-electron chi connectivity index (χ0n) is 14.4. The lowest BCUT2D eigenvalue weighted by Gasteiger charge is -2.05. The van der Waals surface area contributed by atoms with Gasteiger partial charge in [-0.25, -0.2) is 9.78 Å². The van der Waals surface area contributed by atoms with E-state index in [0.717, 1.165) is 16.3 Å². The smallest absolute Gasteiger partial charge is 0.437 e. The fraction of sp³-hybridized carbons (Fsp3) is 0.211. The first-order valence-electron chi connectivity index (χ1n) is 8.26. The minimum atomic E-state index is -0.535. The minimum absolute atomic E-state index is 0.166. The third-order valence-electron chi connectivity index (χ3n) is 4.03. The Morgan fingerprint density at radius 2 is 2.00 bits per heavy atom. The van der Waals surface area contributed by atoms with Crippen LogP contribution in [-0.4, -0.2) is 14.8 Å². The number of benzene rings is 1. The van der Waals surface area contributed by atoms with Crippen molar-refractivity contribution >= 4 is 11.3 Å². The van der Waals surface area contributed by atoms with Crippen LogP contribution in [0.5, 0.6) is 0 Å². The summed E-state index contributed by atoms with van der Waals surface area (Å²) in [5, 5.41) is 7.01. The first kappa shape index (κ1) is 16.5. The lowest BCUT2D eigenvalue weighted by molar-refractivity contribution is 0.476. The van der Waals surface area contributed by atoms with Crippen LogP contribution in [0.2, 0.25) is 0 Å². The van der Waals surface area contributed by atoms with Crippen molar-refractivity contribution < 1.29 is 8.83 Å². The van der Waals surface area contributed by atoms with Crippen LogP contribution in [0.4, 0.5) is 0 Å². The Kier molecular flexibility index (Phi) is 4.30. The molecule has 0 saturated carbocycles. The number of rotatable bonds is 5. The van der Waals surface area contributed by atoms with Gasteiger partial charge in [-0.05, 0) is 23.6 Å². The molecule has 6 nitrogen and oxygen atoms in total. The molecule has 4 aromatic rings. The Balaban J connectivity index is 1.55. The van der Waals surface area contributed by atoms with E-state index in [4.69, 9.17) is 8.83 Å². The number of aromatic nitrogens is 3. The summed E-state index contributed by atoms with van der Waals surface area (Å²) in [7, 11) is 0. The van der Waals surface area contributed by atoms with Crippen LogP contribution in [0.1, 0.15) is 31.0 Å². The van der Waals surface area contributed by atoms with Crippen molar-refractivity contribution in [3.05, 3.63) is 69.8 Å². The molecule has 0 aliphatic rings. The molecule has 0 amide bonds. The first-order chi connectivity index (χ1) is 12.6. The monoisotopic (exact) mass is 367 g/mol. The number of nitrogens with zero attached hydrogens (tertiary/aromatic N) is 3. The zero-order valence-corrected chi connectivity index (χ0v) is 15.2. The second-order valence-electron chi connectivity index (χ2n) is 6.23. The Labute approximate surface area is 153 Å².